The van der Waals surface area contributed by atoms with Crippen molar-refractivity contribution < 1.29 is 22.2 Å². The Bertz CT molecular complexity index is 621. The molecule has 2 atom stereocenters. The summed E-state index contributed by atoms with van der Waals surface area (Å²) in [5, 5.41) is 0. The number of carbonyl (C=O) groups excluding carboxylic acids is 2. The van der Waals surface area contributed by atoms with E-state index in [0.717, 1.165) is 6.42 Å². The molecule has 1 aliphatic carbocycles. The summed E-state index contributed by atoms with van der Waals surface area (Å²) in [4.78, 5) is 23.1. The number of rotatable bonds is 5. The lowest BCUT2D eigenvalue weighted by Gasteiger charge is -2.14. The number of hydrogen-bond donors (Lipinski definition) is 0. The smallest absolute Gasteiger partial charge is 0.341 e. The van der Waals surface area contributed by atoms with Gasteiger partial charge in [-0.2, -0.15) is 8.42 Å². The lowest BCUT2D eigenvalue weighted by Crippen LogP contribution is -2.21. The molecule has 2 rings (SSSR count). The molecule has 0 radical (unpaired) electrons. The maximum atomic E-state index is 11.9. The van der Waals surface area contributed by atoms with Gasteiger partial charge in [0.05, 0.1) is 5.92 Å². The molecule has 1 saturated carbocycles. The van der Waals surface area contributed by atoms with Crippen molar-refractivity contribution >= 4 is 21.9 Å². The quantitative estimate of drug-likeness (QED) is 0.780. The maximum absolute atomic E-state index is 11.9. The van der Waals surface area contributed by atoms with Crippen LogP contribution in [0.25, 0.3) is 0 Å². The van der Waals surface area contributed by atoms with Crippen molar-refractivity contribution in [2.24, 2.45) is 11.8 Å². The second-order valence-corrected chi connectivity index (χ2v) is 7.00. The Hall–Kier alpha value is -1.69. The first-order valence-corrected chi connectivity index (χ1v) is 8.34. The minimum atomic E-state index is -4.07. The lowest BCUT2D eigenvalue weighted by molar-refractivity contribution is -0.138. The van der Waals surface area contributed by atoms with Gasteiger partial charge in [0, 0.05) is 12.8 Å². The van der Waals surface area contributed by atoms with Crippen LogP contribution in [0.2, 0.25) is 0 Å². The molecule has 1 fully saturated rings. The fraction of sp³-hybridized carbons (Fsp3) is 0.467. The first kappa shape index (κ1) is 15.7. The Balaban J connectivity index is 1.96. The van der Waals surface area contributed by atoms with Gasteiger partial charge in [-0.1, -0.05) is 25.1 Å². The lowest BCUT2D eigenvalue weighted by atomic mass is 9.95. The highest BCUT2D eigenvalue weighted by atomic mass is 32.2. The molecule has 0 N–H and O–H groups in total. The first-order valence-electron chi connectivity index (χ1n) is 6.93. The van der Waals surface area contributed by atoms with Crippen molar-refractivity contribution in [1.82, 2.24) is 0 Å². The monoisotopic (exact) mass is 310 g/mol. The standard InChI is InChI=1S/C15H18O5S/c1-11(9-12-7-8-13(16)10-12)15(17)20-21(18,19)14-5-3-2-4-6-14/h2-6,11-12H,7-10H2,1H3/t11-,12-/m0/s1. The Labute approximate surface area is 124 Å². The molecular weight excluding hydrogens is 292 g/mol. The molecule has 0 saturated heterocycles. The van der Waals surface area contributed by atoms with Crippen LogP contribution in [0.15, 0.2) is 35.2 Å². The average molecular weight is 310 g/mol. The average Bonchev–Trinajstić information content (AvgIpc) is 2.84. The van der Waals surface area contributed by atoms with Crippen molar-refractivity contribution in [1.29, 1.82) is 0 Å². The van der Waals surface area contributed by atoms with Crippen molar-refractivity contribution in [2.45, 2.75) is 37.5 Å². The van der Waals surface area contributed by atoms with Crippen LogP contribution in [0.1, 0.15) is 32.6 Å². The van der Waals surface area contributed by atoms with Gasteiger partial charge in [0.15, 0.2) is 0 Å². The summed E-state index contributed by atoms with van der Waals surface area (Å²) >= 11 is 0. The third-order valence-electron chi connectivity index (χ3n) is 3.66. The molecule has 0 aromatic heterocycles. The highest BCUT2D eigenvalue weighted by Crippen LogP contribution is 2.29. The zero-order valence-electron chi connectivity index (χ0n) is 11.8. The fourth-order valence-electron chi connectivity index (χ4n) is 2.51. The molecule has 0 unspecified atom stereocenters. The van der Waals surface area contributed by atoms with Gasteiger partial charge in [-0.05, 0) is 30.9 Å². The van der Waals surface area contributed by atoms with Gasteiger partial charge in [-0.15, -0.1) is 0 Å². The molecule has 5 nitrogen and oxygen atoms in total. The highest BCUT2D eigenvalue weighted by molar-refractivity contribution is 7.87. The van der Waals surface area contributed by atoms with Crippen LogP contribution in [0.4, 0.5) is 0 Å². The topological polar surface area (TPSA) is 77.5 Å². The molecule has 0 aliphatic heterocycles. The summed E-state index contributed by atoms with van der Waals surface area (Å²) in [5.41, 5.74) is 0. The number of ketones is 1. The molecule has 1 aromatic rings. The zero-order chi connectivity index (χ0) is 15.5. The second kappa shape index (κ2) is 6.39. The van der Waals surface area contributed by atoms with E-state index < -0.39 is 22.0 Å². The van der Waals surface area contributed by atoms with E-state index in [2.05, 4.69) is 4.18 Å². The predicted molar refractivity (Wildman–Crippen MR) is 75.8 cm³/mol. The Morgan fingerprint density at radius 2 is 2.00 bits per heavy atom. The second-order valence-electron chi connectivity index (χ2n) is 5.45. The summed E-state index contributed by atoms with van der Waals surface area (Å²) in [6, 6.07) is 7.56. The number of carbonyl (C=O) groups is 2. The van der Waals surface area contributed by atoms with Crippen LogP contribution < -0.4 is 0 Å². The van der Waals surface area contributed by atoms with E-state index in [1.165, 1.54) is 12.1 Å². The van der Waals surface area contributed by atoms with E-state index in [9.17, 15) is 18.0 Å². The Kier molecular flexibility index (Phi) is 4.77. The van der Waals surface area contributed by atoms with Crippen LogP contribution in [0, 0.1) is 11.8 Å². The van der Waals surface area contributed by atoms with Gasteiger partial charge in [-0.25, -0.2) is 0 Å². The Morgan fingerprint density at radius 3 is 2.57 bits per heavy atom. The minimum Gasteiger partial charge on any atom is -0.342 e. The molecular formula is C15H18O5S. The summed E-state index contributed by atoms with van der Waals surface area (Å²) in [5.74, 6) is -0.949. The molecule has 21 heavy (non-hydrogen) atoms. The van der Waals surface area contributed by atoms with Crippen molar-refractivity contribution in [2.75, 3.05) is 0 Å². The number of hydrogen-bond acceptors (Lipinski definition) is 5. The van der Waals surface area contributed by atoms with Gasteiger partial charge < -0.3 is 4.18 Å². The van der Waals surface area contributed by atoms with Gasteiger partial charge in [-0.3, -0.25) is 9.59 Å². The third kappa shape index (κ3) is 4.14. The van der Waals surface area contributed by atoms with Crippen LogP contribution >= 0.6 is 0 Å². The van der Waals surface area contributed by atoms with E-state index in [4.69, 9.17) is 0 Å². The number of benzene rings is 1. The summed E-state index contributed by atoms with van der Waals surface area (Å²) in [6.07, 6.45) is 2.27. The van der Waals surface area contributed by atoms with E-state index in [1.807, 2.05) is 0 Å². The summed E-state index contributed by atoms with van der Waals surface area (Å²) < 4.78 is 28.5. The van der Waals surface area contributed by atoms with Crippen LogP contribution in [0.3, 0.4) is 0 Å². The molecule has 6 heteroatoms. The number of Topliss-reactive ketones (excluding diaryl/α,β-unsaturated/α-hetero) is 1. The molecule has 1 aromatic carbocycles. The zero-order valence-corrected chi connectivity index (χ0v) is 12.6. The van der Waals surface area contributed by atoms with Gasteiger partial charge in [0.1, 0.15) is 10.7 Å². The van der Waals surface area contributed by atoms with Gasteiger partial charge >= 0.3 is 16.1 Å². The van der Waals surface area contributed by atoms with Gasteiger partial charge in [0.25, 0.3) is 0 Å². The minimum absolute atomic E-state index is 0.0402. The first-order chi connectivity index (χ1) is 9.88. The van der Waals surface area contributed by atoms with E-state index >= 15 is 0 Å². The normalized spacial score (nSPS) is 20.2. The van der Waals surface area contributed by atoms with Crippen LogP contribution in [0.5, 0.6) is 0 Å². The van der Waals surface area contributed by atoms with E-state index in [1.54, 1.807) is 25.1 Å². The van der Waals surface area contributed by atoms with Crippen molar-refractivity contribution in [3.63, 3.8) is 0 Å². The fourth-order valence-corrected chi connectivity index (χ4v) is 3.48. The van der Waals surface area contributed by atoms with E-state index in [0.29, 0.717) is 19.3 Å². The molecule has 114 valence electrons. The van der Waals surface area contributed by atoms with Gasteiger partial charge in [0.2, 0.25) is 0 Å². The summed E-state index contributed by atoms with van der Waals surface area (Å²) in [7, 11) is -4.07. The molecule has 0 spiro atoms. The molecule has 0 heterocycles. The highest BCUT2D eigenvalue weighted by Gasteiger charge is 2.29. The molecule has 1 aliphatic rings. The van der Waals surface area contributed by atoms with Crippen molar-refractivity contribution in [3.05, 3.63) is 30.3 Å². The largest absolute Gasteiger partial charge is 0.342 e. The Morgan fingerprint density at radius 1 is 1.33 bits per heavy atom. The molecule has 0 amide bonds. The third-order valence-corrected chi connectivity index (χ3v) is 4.89. The van der Waals surface area contributed by atoms with E-state index in [-0.39, 0.29) is 16.6 Å². The molecule has 0 bridgehead atoms. The van der Waals surface area contributed by atoms with Crippen LogP contribution in [-0.4, -0.2) is 20.2 Å². The SMILES string of the molecule is C[C@@H](C[C@@H]1CCC(=O)C1)C(=O)OS(=O)(=O)c1ccccc1. The maximum Gasteiger partial charge on any atom is 0.341 e. The summed E-state index contributed by atoms with van der Waals surface area (Å²) in [6.45, 7) is 1.63. The predicted octanol–water partition coefficient (Wildman–Crippen LogP) is 2.31. The van der Waals surface area contributed by atoms with Crippen LogP contribution in [-0.2, 0) is 23.9 Å². The van der Waals surface area contributed by atoms with Crippen molar-refractivity contribution in [3.8, 4) is 0 Å².